The minimum absolute atomic E-state index is 0.129. The number of carboxylic acids is 1. The predicted octanol–water partition coefficient (Wildman–Crippen LogP) is 2.04. The number of hydrogen-bond donors (Lipinski definition) is 1. The van der Waals surface area contributed by atoms with Crippen LogP contribution in [0.3, 0.4) is 0 Å². The van der Waals surface area contributed by atoms with Crippen molar-refractivity contribution in [3.8, 4) is 0 Å². The fourth-order valence-corrected chi connectivity index (χ4v) is 1.64. The number of likely N-dealkylation sites (N-methyl/N-ethyl adjacent to an activating group) is 1. The second-order valence-corrected chi connectivity index (χ2v) is 3.93. The number of carbonyl (C=O) groups excluding carboxylic acids is 1. The fraction of sp³-hybridized carbons (Fsp3) is 0.333. The lowest BCUT2D eigenvalue weighted by atomic mass is 10.1. The Morgan fingerprint density at radius 2 is 1.74 bits per heavy atom. The molecule has 0 spiro atoms. The van der Waals surface area contributed by atoms with Crippen molar-refractivity contribution in [2.75, 3.05) is 7.05 Å². The molecule has 1 atom stereocenters. The summed E-state index contributed by atoms with van der Waals surface area (Å²) in [7, 11) is 1.20. The maximum absolute atomic E-state index is 13.0. The highest BCUT2D eigenvalue weighted by Crippen LogP contribution is 2.16. The predicted molar refractivity (Wildman–Crippen MR) is 60.1 cm³/mol. The molecule has 0 radical (unpaired) electrons. The number of carbonyl (C=O) groups is 2. The van der Waals surface area contributed by atoms with Gasteiger partial charge >= 0.3 is 5.97 Å². The van der Waals surface area contributed by atoms with Crippen molar-refractivity contribution in [3.05, 3.63) is 35.1 Å². The Morgan fingerprint density at radius 1 is 1.26 bits per heavy atom. The van der Waals surface area contributed by atoms with E-state index >= 15 is 0 Å². The standard InChI is InChI=1S/C12H12F3NO3/c1-3-9(12(18)19)16(2)11(17)6-4-7(13)10(15)8(14)5-6/h4-5,9H,3H2,1-2H3,(H,18,19). The van der Waals surface area contributed by atoms with Crippen molar-refractivity contribution in [3.63, 3.8) is 0 Å². The number of carboxylic acid groups (broad SMARTS) is 1. The van der Waals surface area contributed by atoms with E-state index in [0.29, 0.717) is 12.1 Å². The summed E-state index contributed by atoms with van der Waals surface area (Å²) in [5.74, 6) is -6.81. The number of halogens is 3. The van der Waals surface area contributed by atoms with Gasteiger partial charge in [0.15, 0.2) is 17.5 Å². The van der Waals surface area contributed by atoms with Crippen LogP contribution in [0.2, 0.25) is 0 Å². The summed E-state index contributed by atoms with van der Waals surface area (Å²) in [6.07, 6.45) is 0.129. The summed E-state index contributed by atoms with van der Waals surface area (Å²) in [5, 5.41) is 8.89. The Morgan fingerprint density at radius 3 is 2.11 bits per heavy atom. The molecule has 0 bridgehead atoms. The highest BCUT2D eigenvalue weighted by atomic mass is 19.2. The minimum Gasteiger partial charge on any atom is -0.480 e. The second-order valence-electron chi connectivity index (χ2n) is 3.93. The van der Waals surface area contributed by atoms with Crippen LogP contribution in [-0.2, 0) is 4.79 Å². The van der Waals surface area contributed by atoms with Gasteiger partial charge in [0, 0.05) is 12.6 Å². The summed E-state index contributed by atoms with van der Waals surface area (Å²) < 4.78 is 38.8. The van der Waals surface area contributed by atoms with Gasteiger partial charge in [0.1, 0.15) is 6.04 Å². The Bertz CT molecular complexity index is 496. The first-order valence-electron chi connectivity index (χ1n) is 5.44. The van der Waals surface area contributed by atoms with Gasteiger partial charge in [-0.25, -0.2) is 18.0 Å². The van der Waals surface area contributed by atoms with E-state index in [4.69, 9.17) is 5.11 Å². The van der Waals surface area contributed by atoms with Gasteiger partial charge in [-0.15, -0.1) is 0 Å². The third-order valence-corrected chi connectivity index (χ3v) is 2.69. The van der Waals surface area contributed by atoms with Gasteiger partial charge in [-0.1, -0.05) is 6.92 Å². The lowest BCUT2D eigenvalue weighted by Gasteiger charge is -2.23. The molecule has 0 aliphatic carbocycles. The van der Waals surface area contributed by atoms with Crippen LogP contribution in [0.4, 0.5) is 13.2 Å². The molecule has 104 valence electrons. The van der Waals surface area contributed by atoms with E-state index in [1.165, 1.54) is 7.05 Å². The van der Waals surface area contributed by atoms with E-state index in [2.05, 4.69) is 0 Å². The molecule has 1 aromatic carbocycles. The van der Waals surface area contributed by atoms with Crippen molar-refractivity contribution in [2.24, 2.45) is 0 Å². The molecule has 0 aromatic heterocycles. The van der Waals surface area contributed by atoms with E-state index in [9.17, 15) is 22.8 Å². The lowest BCUT2D eigenvalue weighted by Crippen LogP contribution is -2.42. The maximum atomic E-state index is 13.0. The van der Waals surface area contributed by atoms with E-state index in [1.807, 2.05) is 0 Å². The van der Waals surface area contributed by atoms with E-state index in [-0.39, 0.29) is 6.42 Å². The molecule has 19 heavy (non-hydrogen) atoms. The third-order valence-electron chi connectivity index (χ3n) is 2.69. The summed E-state index contributed by atoms with van der Waals surface area (Å²) in [4.78, 5) is 23.6. The molecule has 4 nitrogen and oxygen atoms in total. The number of rotatable bonds is 4. The van der Waals surface area contributed by atoms with E-state index < -0.39 is 40.9 Å². The van der Waals surface area contributed by atoms with Crippen LogP contribution in [0.5, 0.6) is 0 Å². The highest BCUT2D eigenvalue weighted by Gasteiger charge is 2.26. The van der Waals surface area contributed by atoms with Crippen LogP contribution >= 0.6 is 0 Å². The highest BCUT2D eigenvalue weighted by molar-refractivity contribution is 5.96. The van der Waals surface area contributed by atoms with Gasteiger partial charge in [-0.05, 0) is 18.6 Å². The molecule has 7 heteroatoms. The van der Waals surface area contributed by atoms with Crippen molar-refractivity contribution in [1.29, 1.82) is 0 Å². The lowest BCUT2D eigenvalue weighted by molar-refractivity contribution is -0.142. The van der Waals surface area contributed by atoms with Crippen molar-refractivity contribution >= 4 is 11.9 Å². The van der Waals surface area contributed by atoms with Gasteiger partial charge in [0.2, 0.25) is 0 Å². The molecule has 0 aliphatic heterocycles. The topological polar surface area (TPSA) is 57.6 Å². The van der Waals surface area contributed by atoms with Gasteiger partial charge in [-0.2, -0.15) is 0 Å². The molecule has 1 rings (SSSR count). The van der Waals surface area contributed by atoms with Gasteiger partial charge in [-0.3, -0.25) is 4.79 Å². The Kier molecular flexibility index (Phi) is 4.52. The smallest absolute Gasteiger partial charge is 0.326 e. The molecular weight excluding hydrogens is 263 g/mol. The number of hydrogen-bond acceptors (Lipinski definition) is 2. The monoisotopic (exact) mass is 275 g/mol. The normalized spacial score (nSPS) is 12.1. The fourth-order valence-electron chi connectivity index (χ4n) is 1.64. The largest absolute Gasteiger partial charge is 0.480 e. The first-order chi connectivity index (χ1) is 8.79. The van der Waals surface area contributed by atoms with Crippen LogP contribution in [0.15, 0.2) is 12.1 Å². The number of aliphatic carboxylic acids is 1. The van der Waals surface area contributed by atoms with Gasteiger partial charge in [0.25, 0.3) is 5.91 Å². The number of nitrogens with zero attached hydrogens (tertiary/aromatic N) is 1. The molecule has 0 fully saturated rings. The molecular formula is C12H12F3NO3. The number of amides is 1. The SMILES string of the molecule is CCC(C(=O)O)N(C)C(=O)c1cc(F)c(F)c(F)c1. The van der Waals surface area contributed by atoms with Gasteiger partial charge < -0.3 is 10.0 Å². The molecule has 0 saturated heterocycles. The summed E-state index contributed by atoms with van der Waals surface area (Å²) in [6.45, 7) is 1.55. The molecule has 0 saturated carbocycles. The quantitative estimate of drug-likeness (QED) is 0.855. The summed E-state index contributed by atoms with van der Waals surface area (Å²) in [6, 6.07) is -0.0545. The van der Waals surface area contributed by atoms with E-state index in [1.54, 1.807) is 6.92 Å². The third kappa shape index (κ3) is 3.04. The van der Waals surface area contributed by atoms with Crippen molar-refractivity contribution in [1.82, 2.24) is 4.90 Å². The van der Waals surface area contributed by atoms with Crippen LogP contribution in [0, 0.1) is 17.5 Å². The van der Waals surface area contributed by atoms with Crippen LogP contribution in [0.1, 0.15) is 23.7 Å². The van der Waals surface area contributed by atoms with Gasteiger partial charge in [0.05, 0.1) is 0 Å². The van der Waals surface area contributed by atoms with Crippen molar-refractivity contribution in [2.45, 2.75) is 19.4 Å². The zero-order valence-electron chi connectivity index (χ0n) is 10.3. The summed E-state index contributed by atoms with van der Waals surface area (Å²) in [5.41, 5.74) is -0.446. The first kappa shape index (κ1) is 15.0. The molecule has 1 N–H and O–H groups in total. The van der Waals surface area contributed by atoms with Crippen LogP contribution < -0.4 is 0 Å². The zero-order chi connectivity index (χ0) is 14.7. The van der Waals surface area contributed by atoms with E-state index in [0.717, 1.165) is 4.90 Å². The molecule has 0 aliphatic rings. The van der Waals surface area contributed by atoms with Crippen molar-refractivity contribution < 1.29 is 27.9 Å². The molecule has 1 aromatic rings. The minimum atomic E-state index is -1.68. The Balaban J connectivity index is 3.10. The van der Waals surface area contributed by atoms with Crippen LogP contribution in [0.25, 0.3) is 0 Å². The molecule has 1 unspecified atom stereocenters. The molecule has 0 heterocycles. The molecule has 1 amide bonds. The van der Waals surface area contributed by atoms with Crippen LogP contribution in [-0.4, -0.2) is 35.0 Å². The zero-order valence-corrected chi connectivity index (χ0v) is 10.3. The summed E-state index contributed by atoms with van der Waals surface area (Å²) >= 11 is 0. The maximum Gasteiger partial charge on any atom is 0.326 e. The average Bonchev–Trinajstić information content (AvgIpc) is 2.34. The number of benzene rings is 1. The Hall–Kier alpha value is -2.05. The Labute approximate surface area is 107 Å². The first-order valence-corrected chi connectivity index (χ1v) is 5.44. The average molecular weight is 275 g/mol. The second kappa shape index (κ2) is 5.73.